The van der Waals surface area contributed by atoms with Crippen molar-refractivity contribution in [2.24, 2.45) is 0 Å². The number of fused-ring (bicyclic) bond motifs is 1. The molecule has 0 saturated heterocycles. The highest BCUT2D eigenvalue weighted by atomic mass is 19.1. The molecule has 8 heteroatoms. The average molecular weight is 452 g/mol. The van der Waals surface area contributed by atoms with Crippen LogP contribution in [0.25, 0.3) is 0 Å². The number of anilines is 1. The van der Waals surface area contributed by atoms with Crippen LogP contribution in [-0.2, 0) is 11.3 Å². The molecule has 0 bridgehead atoms. The molecule has 0 fully saturated rings. The molecule has 4 rings (SSSR count). The molecule has 6 nitrogen and oxygen atoms in total. The number of nitrogens with zero attached hydrogens (tertiary/aromatic N) is 1. The molecule has 1 aliphatic heterocycles. The second-order valence-electron chi connectivity index (χ2n) is 7.60. The first-order valence-corrected chi connectivity index (χ1v) is 10.3. The number of nitrogens with one attached hydrogen (secondary N) is 1. The maximum atomic E-state index is 14.0. The number of carbonyl (C=O) groups is 2. The molecule has 0 saturated carbocycles. The van der Waals surface area contributed by atoms with Crippen molar-refractivity contribution in [1.82, 2.24) is 4.90 Å². The molecular weight excluding hydrogens is 430 g/mol. The van der Waals surface area contributed by atoms with Gasteiger partial charge in [-0.2, -0.15) is 0 Å². The number of methoxy groups -OCH3 is 2. The fourth-order valence-electron chi connectivity index (χ4n) is 3.96. The van der Waals surface area contributed by atoms with Gasteiger partial charge in [-0.25, -0.2) is 8.78 Å². The van der Waals surface area contributed by atoms with Crippen LogP contribution in [0.2, 0.25) is 0 Å². The Morgan fingerprint density at radius 2 is 1.79 bits per heavy atom. The number of rotatable bonds is 7. The van der Waals surface area contributed by atoms with Crippen molar-refractivity contribution in [3.63, 3.8) is 0 Å². The van der Waals surface area contributed by atoms with Crippen LogP contribution in [0.15, 0.2) is 60.7 Å². The molecule has 3 aromatic rings. The quantitative estimate of drug-likeness (QED) is 0.564. The van der Waals surface area contributed by atoms with Crippen molar-refractivity contribution >= 4 is 17.5 Å². The van der Waals surface area contributed by atoms with Gasteiger partial charge in [0.1, 0.15) is 11.6 Å². The minimum Gasteiger partial charge on any atom is -0.493 e. The van der Waals surface area contributed by atoms with Crippen molar-refractivity contribution in [1.29, 1.82) is 0 Å². The number of hydrogen-bond acceptors (Lipinski definition) is 4. The summed E-state index contributed by atoms with van der Waals surface area (Å²) in [7, 11) is 3.01. The minimum absolute atomic E-state index is 0.136. The molecule has 0 aliphatic carbocycles. The first-order chi connectivity index (χ1) is 15.9. The third kappa shape index (κ3) is 4.50. The first-order valence-electron chi connectivity index (χ1n) is 10.3. The summed E-state index contributed by atoms with van der Waals surface area (Å²) in [4.78, 5) is 27.6. The molecule has 33 heavy (non-hydrogen) atoms. The number of halogens is 2. The lowest BCUT2D eigenvalue weighted by Crippen LogP contribution is -2.32. The highest BCUT2D eigenvalue weighted by Gasteiger charge is 2.35. The number of carbonyl (C=O) groups excluding carboxylic acids is 2. The van der Waals surface area contributed by atoms with Gasteiger partial charge in [-0.1, -0.05) is 24.3 Å². The van der Waals surface area contributed by atoms with E-state index in [0.29, 0.717) is 35.2 Å². The molecule has 170 valence electrons. The Morgan fingerprint density at radius 1 is 1.03 bits per heavy atom. The molecule has 0 radical (unpaired) electrons. The van der Waals surface area contributed by atoms with E-state index in [1.54, 1.807) is 35.2 Å². The van der Waals surface area contributed by atoms with Crippen molar-refractivity contribution in [3.8, 4) is 11.5 Å². The summed E-state index contributed by atoms with van der Waals surface area (Å²) in [6.45, 7) is 0.326. The van der Waals surface area contributed by atoms with Gasteiger partial charge in [-0.05, 0) is 41.5 Å². The summed E-state index contributed by atoms with van der Waals surface area (Å²) in [6.07, 6.45) is -0.147. The summed E-state index contributed by atoms with van der Waals surface area (Å²) in [5.74, 6) is -1.39. The van der Waals surface area contributed by atoms with Gasteiger partial charge in [-0.3, -0.25) is 9.59 Å². The maximum absolute atomic E-state index is 14.0. The van der Waals surface area contributed by atoms with E-state index in [-0.39, 0.29) is 18.0 Å². The third-order valence-corrected chi connectivity index (χ3v) is 5.60. The summed E-state index contributed by atoms with van der Waals surface area (Å²) in [5, 5.41) is 2.47. The summed E-state index contributed by atoms with van der Waals surface area (Å²) in [5.41, 5.74) is 1.96. The standard InChI is InChI=1S/C25H22F2N2O4/c1-32-22-10-7-15(11-23(22)33-2)21(29-14-16-5-3-4-6-18(16)25(29)31)13-24(30)28-20-9-8-17(26)12-19(20)27/h3-12,21H,13-14H2,1-2H3,(H,28,30)/t21-/m1/s1. The second-order valence-corrected chi connectivity index (χ2v) is 7.60. The van der Waals surface area contributed by atoms with Crippen molar-refractivity contribution in [2.75, 3.05) is 19.5 Å². The smallest absolute Gasteiger partial charge is 0.255 e. The molecule has 0 aromatic heterocycles. The predicted octanol–water partition coefficient (Wildman–Crippen LogP) is 4.71. The van der Waals surface area contributed by atoms with E-state index in [1.165, 1.54) is 14.2 Å². The van der Waals surface area contributed by atoms with E-state index in [1.807, 2.05) is 12.1 Å². The van der Waals surface area contributed by atoms with E-state index < -0.39 is 23.6 Å². The largest absolute Gasteiger partial charge is 0.493 e. The van der Waals surface area contributed by atoms with E-state index in [4.69, 9.17) is 9.47 Å². The van der Waals surface area contributed by atoms with Crippen LogP contribution >= 0.6 is 0 Å². The van der Waals surface area contributed by atoms with Crippen LogP contribution < -0.4 is 14.8 Å². The maximum Gasteiger partial charge on any atom is 0.255 e. The average Bonchev–Trinajstić information content (AvgIpc) is 3.15. The van der Waals surface area contributed by atoms with E-state index in [0.717, 1.165) is 17.7 Å². The number of amides is 2. The molecule has 3 aromatic carbocycles. The zero-order valence-corrected chi connectivity index (χ0v) is 18.1. The van der Waals surface area contributed by atoms with Gasteiger partial charge in [0.25, 0.3) is 5.91 Å². The van der Waals surface area contributed by atoms with Gasteiger partial charge in [-0.15, -0.1) is 0 Å². The Kier molecular flexibility index (Phi) is 6.26. The zero-order valence-electron chi connectivity index (χ0n) is 18.1. The second kappa shape index (κ2) is 9.28. The Bertz CT molecular complexity index is 1210. The van der Waals surface area contributed by atoms with Gasteiger partial charge < -0.3 is 19.7 Å². The van der Waals surface area contributed by atoms with Gasteiger partial charge in [0.2, 0.25) is 5.91 Å². The monoisotopic (exact) mass is 452 g/mol. The van der Waals surface area contributed by atoms with E-state index in [2.05, 4.69) is 5.32 Å². The molecule has 1 aliphatic rings. The van der Waals surface area contributed by atoms with Gasteiger partial charge in [0.05, 0.1) is 32.4 Å². The van der Waals surface area contributed by atoms with Crippen LogP contribution in [0, 0.1) is 11.6 Å². The highest BCUT2D eigenvalue weighted by Crippen LogP contribution is 2.37. The van der Waals surface area contributed by atoms with Crippen LogP contribution in [0.1, 0.15) is 33.9 Å². The van der Waals surface area contributed by atoms with Crippen molar-refractivity contribution in [2.45, 2.75) is 19.0 Å². The van der Waals surface area contributed by atoms with Gasteiger partial charge >= 0.3 is 0 Å². The fourth-order valence-corrected chi connectivity index (χ4v) is 3.96. The molecule has 1 atom stereocenters. The topological polar surface area (TPSA) is 67.9 Å². The first kappa shape index (κ1) is 22.3. The van der Waals surface area contributed by atoms with Crippen LogP contribution in [0.4, 0.5) is 14.5 Å². The zero-order chi connectivity index (χ0) is 23.5. The van der Waals surface area contributed by atoms with Crippen LogP contribution in [0.5, 0.6) is 11.5 Å². The van der Waals surface area contributed by atoms with Gasteiger partial charge in [0, 0.05) is 18.2 Å². The minimum atomic E-state index is -0.879. The molecule has 1 N–H and O–H groups in total. The lowest BCUT2D eigenvalue weighted by Gasteiger charge is -2.28. The van der Waals surface area contributed by atoms with Crippen LogP contribution in [0.3, 0.4) is 0 Å². The van der Waals surface area contributed by atoms with Gasteiger partial charge in [0.15, 0.2) is 11.5 Å². The normalized spacial score (nSPS) is 13.5. The van der Waals surface area contributed by atoms with Crippen LogP contribution in [-0.4, -0.2) is 30.9 Å². The Hall–Kier alpha value is -3.94. The van der Waals surface area contributed by atoms with E-state index in [9.17, 15) is 18.4 Å². The van der Waals surface area contributed by atoms with E-state index >= 15 is 0 Å². The summed E-state index contributed by atoms with van der Waals surface area (Å²) in [6, 6.07) is 14.7. The lowest BCUT2D eigenvalue weighted by molar-refractivity contribution is -0.117. The highest BCUT2D eigenvalue weighted by molar-refractivity contribution is 5.99. The van der Waals surface area contributed by atoms with Crippen molar-refractivity contribution < 1.29 is 27.8 Å². The lowest BCUT2D eigenvalue weighted by atomic mass is 10.0. The molecule has 0 unspecified atom stereocenters. The number of hydrogen-bond donors (Lipinski definition) is 1. The Labute approximate surface area is 189 Å². The van der Waals surface area contributed by atoms with Crippen molar-refractivity contribution in [3.05, 3.63) is 89.0 Å². The third-order valence-electron chi connectivity index (χ3n) is 5.60. The molecule has 0 spiro atoms. The summed E-state index contributed by atoms with van der Waals surface area (Å²) >= 11 is 0. The number of ether oxygens (including phenoxy) is 2. The summed E-state index contributed by atoms with van der Waals surface area (Å²) < 4.78 is 37.9. The Morgan fingerprint density at radius 3 is 2.48 bits per heavy atom. The number of benzene rings is 3. The molecule has 2 amide bonds. The molecular formula is C25H22F2N2O4. The fraction of sp³-hybridized carbons (Fsp3) is 0.200. The molecule has 1 heterocycles. The Balaban J connectivity index is 1.66. The predicted molar refractivity (Wildman–Crippen MR) is 118 cm³/mol. The SMILES string of the molecule is COc1ccc([C@@H](CC(=O)Nc2ccc(F)cc2F)N2Cc3ccccc3C2=O)cc1OC.